The average Bonchev–Trinajstić information content (AvgIpc) is 3.48. The molecule has 33 heavy (non-hydrogen) atoms. The maximum atomic E-state index is 3.60. The molecule has 0 N–H and O–H groups in total. The number of unbranched alkanes of at least 4 members (excludes halogenated alkanes) is 1. The van der Waals surface area contributed by atoms with E-state index in [0.29, 0.717) is 0 Å². The van der Waals surface area contributed by atoms with Gasteiger partial charge in [0.2, 0.25) is 0 Å². The van der Waals surface area contributed by atoms with Gasteiger partial charge in [0, 0.05) is 0 Å². The quantitative estimate of drug-likeness (QED) is 0.264. The maximum absolute atomic E-state index is 3.60. The van der Waals surface area contributed by atoms with Gasteiger partial charge in [-0.15, -0.1) is 52.7 Å². The van der Waals surface area contributed by atoms with Crippen LogP contribution in [-0.4, -0.2) is 0 Å². The Kier molecular flexibility index (Phi) is 25.4. The van der Waals surface area contributed by atoms with Crippen LogP contribution in [0.4, 0.5) is 0 Å². The summed E-state index contributed by atoms with van der Waals surface area (Å²) in [6.07, 6.45) is 13.9. The van der Waals surface area contributed by atoms with Gasteiger partial charge < -0.3 is 31.7 Å². The maximum Gasteiger partial charge on any atom is 2.00 e. The van der Waals surface area contributed by atoms with Gasteiger partial charge >= 0.3 is 26.2 Å². The molecule has 0 saturated heterocycles. The van der Waals surface area contributed by atoms with E-state index in [0.717, 1.165) is 19.3 Å². The van der Waals surface area contributed by atoms with Crippen molar-refractivity contribution in [2.45, 2.75) is 26.7 Å². The van der Waals surface area contributed by atoms with Crippen molar-refractivity contribution >= 4 is 21.5 Å². The van der Waals surface area contributed by atoms with E-state index >= 15 is 0 Å². The number of fused-ring (bicyclic) bond motifs is 3. The Morgan fingerprint density at radius 2 is 1.42 bits per heavy atom. The van der Waals surface area contributed by atoms with E-state index in [1.165, 1.54) is 21.5 Å². The summed E-state index contributed by atoms with van der Waals surface area (Å²) < 4.78 is 0. The van der Waals surface area contributed by atoms with Crippen LogP contribution in [0.25, 0.3) is 21.5 Å². The molecule has 0 spiro atoms. The van der Waals surface area contributed by atoms with Crippen molar-refractivity contribution in [1.29, 1.82) is 0 Å². The molecule has 1 aliphatic rings. The Balaban J connectivity index is -0.000000388. The molecule has 0 unspecified atom stereocenters. The van der Waals surface area contributed by atoms with E-state index in [2.05, 4.69) is 86.3 Å². The normalized spacial score (nSPS) is 9.61. The predicted octanol–water partition coefficient (Wildman–Crippen LogP) is 2.93. The van der Waals surface area contributed by atoms with Gasteiger partial charge in [-0.05, 0) is 0 Å². The minimum absolute atomic E-state index is 0. The topological polar surface area (TPSA) is 0 Å². The van der Waals surface area contributed by atoms with Gasteiger partial charge in [-0.2, -0.15) is 48.9 Å². The summed E-state index contributed by atoms with van der Waals surface area (Å²) in [5.74, 6) is 0. The van der Waals surface area contributed by atoms with E-state index in [9.17, 15) is 0 Å². The second kappa shape index (κ2) is 23.4. The fourth-order valence-electron chi connectivity index (χ4n) is 2.73. The molecule has 0 fully saturated rings. The monoisotopic (exact) mass is 552 g/mol. The minimum atomic E-state index is 0. The van der Waals surface area contributed by atoms with Crippen molar-refractivity contribution in [2.24, 2.45) is 0 Å². The van der Waals surface area contributed by atoms with E-state index in [1.807, 2.05) is 48.6 Å². The number of halogens is 2. The molecular weight excluding hydrogens is 522 g/mol. The molecule has 1 aliphatic carbocycles. The van der Waals surface area contributed by atoms with Crippen LogP contribution in [0.5, 0.6) is 0 Å². The van der Waals surface area contributed by atoms with E-state index in [-0.39, 0.29) is 58.4 Å². The number of rotatable bonds is 2. The van der Waals surface area contributed by atoms with Crippen molar-refractivity contribution in [3.05, 3.63) is 135 Å². The molecule has 0 nitrogen and oxygen atoms in total. The molecule has 0 heterocycles. The van der Waals surface area contributed by atoms with Gasteiger partial charge in [0.1, 0.15) is 0 Å². The van der Waals surface area contributed by atoms with Gasteiger partial charge in [0.25, 0.3) is 0 Å². The van der Waals surface area contributed by atoms with E-state index in [1.54, 1.807) is 0 Å². The molecule has 4 aromatic rings. The number of allylic oxidation sites excluding steroid dienone is 5. The van der Waals surface area contributed by atoms with Crippen molar-refractivity contribution in [3.63, 3.8) is 0 Å². The van der Waals surface area contributed by atoms with Gasteiger partial charge in [0.15, 0.2) is 0 Å². The van der Waals surface area contributed by atoms with Crippen molar-refractivity contribution in [2.75, 3.05) is 0 Å². The molecule has 0 aromatic heterocycles. The molecule has 0 saturated carbocycles. The summed E-state index contributed by atoms with van der Waals surface area (Å²) in [5, 5.41) is 5.39. The van der Waals surface area contributed by atoms with E-state index in [4.69, 9.17) is 0 Å². The number of hydrogen-bond acceptors (Lipinski definition) is 0. The first-order chi connectivity index (χ1) is 14.4. The van der Waals surface area contributed by atoms with Crippen molar-refractivity contribution in [1.82, 2.24) is 0 Å². The largest absolute Gasteiger partial charge is 2.00 e. The minimum Gasteiger partial charge on any atom is -1.00 e. The first-order valence-electron chi connectivity index (χ1n) is 9.93. The molecule has 3 heteroatoms. The Labute approximate surface area is 232 Å². The van der Waals surface area contributed by atoms with Crippen molar-refractivity contribution < 1.29 is 51.0 Å². The smallest absolute Gasteiger partial charge is 1.00 e. The van der Waals surface area contributed by atoms with Crippen LogP contribution in [0.1, 0.15) is 26.7 Å². The second-order valence-corrected chi connectivity index (χ2v) is 6.33. The third-order valence-corrected chi connectivity index (χ3v) is 4.12. The van der Waals surface area contributed by atoms with Crippen LogP contribution >= 0.6 is 0 Å². The summed E-state index contributed by atoms with van der Waals surface area (Å²) >= 11 is 0. The Hall–Kier alpha value is -1.79. The van der Waals surface area contributed by atoms with Gasteiger partial charge in [0.05, 0.1) is 0 Å². The van der Waals surface area contributed by atoms with Crippen LogP contribution in [0.3, 0.4) is 0 Å². The van der Waals surface area contributed by atoms with Crippen molar-refractivity contribution in [3.8, 4) is 0 Å². The van der Waals surface area contributed by atoms with Gasteiger partial charge in [-0.1, -0.05) is 56.3 Å². The van der Waals surface area contributed by atoms with Crippen LogP contribution in [-0.2, 0) is 26.2 Å². The standard InChI is InChI=1S/C13H9.C6H5.C5H5.C5H9.CH4.2ClH.Zr/c1-3-7-12-10(5-1)9-11-6-2-4-8-13(11)12;1-2-4-6-5-3-1;1-2-4-5-3-1;1-3-5-4-2;;;;/h1-9H;1-5H;1-3H,4H2;3H,1-2,4-5H2;1H4;2*1H;/q4*-1;;;;+2/p-2. The third kappa shape index (κ3) is 14.2. The first-order valence-corrected chi connectivity index (χ1v) is 9.93. The Morgan fingerprint density at radius 3 is 1.70 bits per heavy atom. The summed E-state index contributed by atoms with van der Waals surface area (Å²) in [5.41, 5.74) is 0. The predicted molar refractivity (Wildman–Crippen MR) is 135 cm³/mol. The Bertz CT molecular complexity index is 930. The first kappa shape index (κ1) is 35.8. The summed E-state index contributed by atoms with van der Waals surface area (Å²) in [6.45, 7) is 7.11. The molecule has 0 bridgehead atoms. The van der Waals surface area contributed by atoms with Crippen LogP contribution in [0, 0.1) is 19.1 Å². The molecule has 0 radical (unpaired) electrons. The molecule has 0 atom stereocenters. The van der Waals surface area contributed by atoms with Gasteiger partial charge in [-0.3, -0.25) is 6.08 Å². The fourth-order valence-corrected chi connectivity index (χ4v) is 2.73. The zero-order valence-corrected chi connectivity index (χ0v) is 22.2. The van der Waals surface area contributed by atoms with Crippen LogP contribution in [0.2, 0.25) is 0 Å². The molecule has 0 aliphatic heterocycles. The molecule has 4 aromatic carbocycles. The third-order valence-electron chi connectivity index (χ3n) is 4.12. The number of hydrogen-bond donors (Lipinski definition) is 0. The zero-order chi connectivity index (χ0) is 20.6. The fraction of sp³-hybridized carbons (Fsp3) is 0.133. The van der Waals surface area contributed by atoms with Crippen LogP contribution < -0.4 is 24.8 Å². The molecule has 0 amide bonds. The van der Waals surface area contributed by atoms with E-state index < -0.39 is 0 Å². The van der Waals surface area contributed by atoms with Crippen LogP contribution in [0.15, 0.2) is 116 Å². The molecular formula is C30H32Cl2Zr-4. The zero-order valence-electron chi connectivity index (χ0n) is 18.2. The molecule has 5 rings (SSSR count). The summed E-state index contributed by atoms with van der Waals surface area (Å²) in [6, 6.07) is 31.8. The van der Waals surface area contributed by atoms with Gasteiger partial charge in [-0.25, -0.2) is 12.2 Å². The number of benzene rings is 3. The second-order valence-electron chi connectivity index (χ2n) is 6.33. The SMILES string of the molecule is C.C=CCC[CH2-].[C-]1=CC=CC1.[Cl-].[Cl-].[Zr+2].[c-]1ccccc1.c1ccc2c(c1)[cH-]c1ccccc12. The molecule has 174 valence electrons. The Morgan fingerprint density at radius 1 is 0.879 bits per heavy atom. The summed E-state index contributed by atoms with van der Waals surface area (Å²) in [4.78, 5) is 0. The average molecular weight is 555 g/mol. The summed E-state index contributed by atoms with van der Waals surface area (Å²) in [7, 11) is 0.